The highest BCUT2D eigenvalue weighted by molar-refractivity contribution is 7.89. The summed E-state index contributed by atoms with van der Waals surface area (Å²) in [5, 5.41) is 0. The van der Waals surface area contributed by atoms with Crippen molar-refractivity contribution in [2.75, 3.05) is 32.8 Å². The van der Waals surface area contributed by atoms with Crippen LogP contribution in [-0.4, -0.2) is 51.2 Å². The van der Waals surface area contributed by atoms with Crippen LogP contribution < -0.4 is 20.9 Å². The molecular formula is C17H23N4O5S+. The second kappa shape index (κ2) is 8.17. The molecule has 27 heavy (non-hydrogen) atoms. The maximum absolute atomic E-state index is 12.7. The molecule has 1 aliphatic rings. The summed E-state index contributed by atoms with van der Waals surface area (Å²) in [5.41, 5.74) is -0.662. The number of hydrogen-bond donors (Lipinski definition) is 4. The van der Waals surface area contributed by atoms with Crippen molar-refractivity contribution in [2.45, 2.75) is 17.9 Å². The van der Waals surface area contributed by atoms with Gasteiger partial charge in [-0.3, -0.25) is 9.78 Å². The van der Waals surface area contributed by atoms with Crippen LogP contribution in [0.3, 0.4) is 0 Å². The summed E-state index contributed by atoms with van der Waals surface area (Å²) >= 11 is 0. The number of aromatic nitrogens is 2. The molecular weight excluding hydrogens is 372 g/mol. The molecule has 2 aromatic rings. The first-order chi connectivity index (χ1) is 12.9. The molecule has 1 saturated heterocycles. The summed E-state index contributed by atoms with van der Waals surface area (Å²) in [5.74, 6) is 0. The van der Waals surface area contributed by atoms with Crippen molar-refractivity contribution >= 4 is 10.0 Å². The Balaban J connectivity index is 1.86. The number of nitrogens with one attached hydrogen (secondary N) is 4. The van der Waals surface area contributed by atoms with Crippen molar-refractivity contribution in [3.8, 4) is 0 Å². The molecule has 0 aliphatic carbocycles. The summed E-state index contributed by atoms with van der Waals surface area (Å²) < 4.78 is 33.4. The summed E-state index contributed by atoms with van der Waals surface area (Å²) in [6.45, 7) is 4.26. The number of aromatic amines is 2. The van der Waals surface area contributed by atoms with Gasteiger partial charge in [0, 0.05) is 11.3 Å². The van der Waals surface area contributed by atoms with E-state index in [-0.39, 0.29) is 18.3 Å². The average Bonchev–Trinajstić information content (AvgIpc) is 2.62. The van der Waals surface area contributed by atoms with Gasteiger partial charge in [-0.15, -0.1) is 0 Å². The van der Waals surface area contributed by atoms with Crippen molar-refractivity contribution in [3.05, 3.63) is 62.4 Å². The first-order valence-electron chi connectivity index (χ1n) is 8.68. The number of rotatable bonds is 6. The minimum atomic E-state index is -4.09. The molecule has 4 N–H and O–H groups in total. The fraction of sp³-hybridized carbons (Fsp3) is 0.412. The third kappa shape index (κ3) is 4.53. The van der Waals surface area contributed by atoms with Gasteiger partial charge >= 0.3 is 5.69 Å². The van der Waals surface area contributed by atoms with E-state index >= 15 is 0 Å². The lowest BCUT2D eigenvalue weighted by Crippen LogP contribution is -3.15. The summed E-state index contributed by atoms with van der Waals surface area (Å²) in [4.78, 5) is 28.3. The molecule has 0 amide bonds. The van der Waals surface area contributed by atoms with Crippen LogP contribution in [0.15, 0.2) is 44.8 Å². The molecule has 0 radical (unpaired) electrons. The third-order valence-corrected chi connectivity index (χ3v) is 6.23. The molecule has 1 aromatic carbocycles. The van der Waals surface area contributed by atoms with E-state index in [9.17, 15) is 18.0 Å². The lowest BCUT2D eigenvalue weighted by molar-refractivity contribution is -0.937. The predicted octanol–water partition coefficient (Wildman–Crippen LogP) is -1.69. The number of ether oxygens (including phenoxy) is 1. The van der Waals surface area contributed by atoms with Gasteiger partial charge in [0.1, 0.15) is 19.1 Å². The first-order valence-corrected chi connectivity index (χ1v) is 10.2. The molecule has 0 unspecified atom stereocenters. The standard InChI is InChI=1S/C17H22N4O5S/c1-12-15(16(22)20-17(23)19-12)27(24,25)18-11-14(13-5-3-2-4-6-13)21-7-9-26-10-8-21/h2-6,14,18H,7-11H2,1H3,(H2,19,20,22,23)/p+1/t14-/m1/s1. The smallest absolute Gasteiger partial charge is 0.325 e. The lowest BCUT2D eigenvalue weighted by Gasteiger charge is -2.31. The van der Waals surface area contributed by atoms with Gasteiger partial charge in [0.25, 0.3) is 5.56 Å². The molecule has 0 bridgehead atoms. The Hall–Kier alpha value is -2.27. The third-order valence-electron chi connectivity index (χ3n) is 4.65. The second-order valence-electron chi connectivity index (χ2n) is 6.45. The molecule has 10 heteroatoms. The number of H-pyrrole nitrogens is 2. The van der Waals surface area contributed by atoms with Gasteiger partial charge in [0.05, 0.1) is 19.8 Å². The van der Waals surface area contributed by atoms with Crippen LogP contribution in [0, 0.1) is 6.92 Å². The number of sulfonamides is 1. The zero-order valence-electron chi connectivity index (χ0n) is 14.9. The van der Waals surface area contributed by atoms with Crippen LogP contribution in [0.1, 0.15) is 17.3 Å². The highest BCUT2D eigenvalue weighted by Gasteiger charge is 2.29. The Bertz CT molecular complexity index is 994. The fourth-order valence-corrected chi connectivity index (χ4v) is 4.62. The molecule has 0 spiro atoms. The van der Waals surface area contributed by atoms with Crippen LogP contribution in [0.2, 0.25) is 0 Å². The minimum absolute atomic E-state index is 0.00577. The Morgan fingerprint density at radius 1 is 1.15 bits per heavy atom. The monoisotopic (exact) mass is 395 g/mol. The Morgan fingerprint density at radius 3 is 2.44 bits per heavy atom. The van der Waals surface area contributed by atoms with Crippen LogP contribution >= 0.6 is 0 Å². The molecule has 1 aliphatic heterocycles. The van der Waals surface area contributed by atoms with Crippen molar-refractivity contribution in [1.82, 2.24) is 14.7 Å². The van der Waals surface area contributed by atoms with Gasteiger partial charge in [0.15, 0.2) is 4.90 Å². The van der Waals surface area contributed by atoms with Crippen LogP contribution in [0.4, 0.5) is 0 Å². The van der Waals surface area contributed by atoms with Crippen molar-refractivity contribution < 1.29 is 18.1 Å². The first kappa shape index (κ1) is 19.5. The zero-order chi connectivity index (χ0) is 19.4. The normalized spacial score (nSPS) is 16.9. The van der Waals surface area contributed by atoms with E-state index in [4.69, 9.17) is 4.74 Å². The summed E-state index contributed by atoms with van der Waals surface area (Å²) in [7, 11) is -4.09. The predicted molar refractivity (Wildman–Crippen MR) is 98.3 cm³/mol. The van der Waals surface area contributed by atoms with Gasteiger partial charge in [-0.05, 0) is 6.92 Å². The largest absolute Gasteiger partial charge is 0.370 e. The minimum Gasteiger partial charge on any atom is -0.370 e. The number of morpholine rings is 1. The van der Waals surface area contributed by atoms with E-state index in [1.165, 1.54) is 11.8 Å². The van der Waals surface area contributed by atoms with Crippen LogP contribution in [0.5, 0.6) is 0 Å². The maximum Gasteiger partial charge on any atom is 0.325 e. The van der Waals surface area contributed by atoms with E-state index in [1.54, 1.807) is 0 Å². The highest BCUT2D eigenvalue weighted by atomic mass is 32.2. The van der Waals surface area contributed by atoms with Gasteiger partial charge in [0.2, 0.25) is 10.0 Å². The Labute approximate surface area is 156 Å². The molecule has 2 heterocycles. The Morgan fingerprint density at radius 2 is 1.81 bits per heavy atom. The number of benzene rings is 1. The van der Waals surface area contributed by atoms with E-state index in [0.717, 1.165) is 18.7 Å². The molecule has 0 saturated carbocycles. The van der Waals surface area contributed by atoms with Crippen molar-refractivity contribution in [3.63, 3.8) is 0 Å². The number of hydrogen-bond acceptors (Lipinski definition) is 5. The topological polar surface area (TPSA) is 126 Å². The van der Waals surface area contributed by atoms with E-state index < -0.39 is 26.2 Å². The second-order valence-corrected chi connectivity index (χ2v) is 8.15. The van der Waals surface area contributed by atoms with Gasteiger partial charge in [-0.1, -0.05) is 30.3 Å². The SMILES string of the molecule is Cc1[nH]c(=O)[nH]c(=O)c1S(=O)(=O)NC[C@H](c1ccccc1)[NH+]1CCOCC1. The van der Waals surface area contributed by atoms with Gasteiger partial charge in [-0.2, -0.15) is 0 Å². The van der Waals surface area contributed by atoms with Gasteiger partial charge < -0.3 is 14.6 Å². The van der Waals surface area contributed by atoms with Crippen LogP contribution in [-0.2, 0) is 14.8 Å². The summed E-state index contributed by atoms with van der Waals surface area (Å²) in [6, 6.07) is 9.52. The average molecular weight is 395 g/mol. The molecule has 9 nitrogen and oxygen atoms in total. The molecule has 146 valence electrons. The maximum atomic E-state index is 12.7. The molecule has 1 atom stereocenters. The molecule has 3 rings (SSSR count). The van der Waals surface area contributed by atoms with E-state index in [0.29, 0.717) is 13.2 Å². The zero-order valence-corrected chi connectivity index (χ0v) is 15.8. The van der Waals surface area contributed by atoms with Crippen LogP contribution in [0.25, 0.3) is 0 Å². The fourth-order valence-electron chi connectivity index (χ4n) is 3.34. The van der Waals surface area contributed by atoms with E-state index in [2.05, 4.69) is 9.71 Å². The van der Waals surface area contributed by atoms with E-state index in [1.807, 2.05) is 35.3 Å². The Kier molecular flexibility index (Phi) is 5.90. The molecule has 1 aromatic heterocycles. The lowest BCUT2D eigenvalue weighted by atomic mass is 10.1. The van der Waals surface area contributed by atoms with Crippen molar-refractivity contribution in [2.24, 2.45) is 0 Å². The number of aryl methyl sites for hydroxylation is 1. The quantitative estimate of drug-likeness (QED) is 0.464. The highest BCUT2D eigenvalue weighted by Crippen LogP contribution is 2.11. The molecule has 1 fully saturated rings. The van der Waals surface area contributed by atoms with Gasteiger partial charge in [-0.25, -0.2) is 17.9 Å². The van der Waals surface area contributed by atoms with Crippen molar-refractivity contribution in [1.29, 1.82) is 0 Å². The number of quaternary nitrogens is 1. The summed E-state index contributed by atoms with van der Waals surface area (Å²) in [6.07, 6.45) is 0.